The largest absolute Gasteiger partial charge is 0.476 e. The molecule has 1 atom stereocenters. The van der Waals surface area contributed by atoms with E-state index in [1.165, 1.54) is 16.7 Å². The number of aromatic nitrogens is 1. The molecule has 0 saturated heterocycles. The Morgan fingerprint density at radius 3 is 2.62 bits per heavy atom. The van der Waals surface area contributed by atoms with Crippen LogP contribution in [-0.4, -0.2) is 16.1 Å². The number of aromatic carboxylic acids is 1. The van der Waals surface area contributed by atoms with Crippen LogP contribution < -0.4 is 5.73 Å². The minimum absolute atomic E-state index is 0.0476. The normalized spacial score (nSPS) is 12.3. The molecule has 0 aliphatic heterocycles. The number of benzene rings is 1. The van der Waals surface area contributed by atoms with Gasteiger partial charge in [-0.05, 0) is 5.56 Å². The quantitative estimate of drug-likeness (QED) is 0.850. The zero-order valence-corrected chi connectivity index (χ0v) is 9.15. The van der Waals surface area contributed by atoms with Gasteiger partial charge in [-0.15, -0.1) is 11.3 Å². The lowest BCUT2D eigenvalue weighted by Gasteiger charge is -2.07. The van der Waals surface area contributed by atoms with Crippen LogP contribution in [0.5, 0.6) is 0 Å². The van der Waals surface area contributed by atoms with Crippen LogP contribution in [0.15, 0.2) is 35.7 Å². The average Bonchev–Trinajstić information content (AvgIpc) is 2.78. The third kappa shape index (κ3) is 2.10. The highest BCUT2D eigenvalue weighted by molar-refractivity contribution is 7.09. The van der Waals surface area contributed by atoms with Crippen LogP contribution in [0.3, 0.4) is 0 Å². The Labute approximate surface area is 96.4 Å². The van der Waals surface area contributed by atoms with E-state index in [1.807, 2.05) is 30.3 Å². The highest BCUT2D eigenvalue weighted by Gasteiger charge is 2.15. The fraction of sp³-hybridized carbons (Fsp3) is 0.0909. The zero-order chi connectivity index (χ0) is 11.5. The van der Waals surface area contributed by atoms with Crippen molar-refractivity contribution >= 4 is 17.3 Å². The molecule has 1 aromatic heterocycles. The van der Waals surface area contributed by atoms with E-state index in [1.54, 1.807) is 0 Å². The topological polar surface area (TPSA) is 76.2 Å². The summed E-state index contributed by atoms with van der Waals surface area (Å²) in [5.74, 6) is -1.03. The minimum atomic E-state index is -1.03. The van der Waals surface area contributed by atoms with Gasteiger partial charge in [0.25, 0.3) is 0 Å². The fourth-order valence-corrected chi connectivity index (χ4v) is 2.15. The molecule has 0 aliphatic carbocycles. The van der Waals surface area contributed by atoms with Crippen molar-refractivity contribution in [2.24, 2.45) is 5.73 Å². The van der Waals surface area contributed by atoms with Crippen molar-refractivity contribution in [1.82, 2.24) is 4.98 Å². The number of rotatable bonds is 3. The van der Waals surface area contributed by atoms with Crippen molar-refractivity contribution < 1.29 is 9.90 Å². The maximum absolute atomic E-state index is 10.7. The molecule has 82 valence electrons. The molecule has 0 radical (unpaired) electrons. The molecule has 2 rings (SSSR count). The number of carbonyl (C=O) groups is 1. The van der Waals surface area contributed by atoms with E-state index in [-0.39, 0.29) is 11.7 Å². The summed E-state index contributed by atoms with van der Waals surface area (Å²) in [5.41, 5.74) is 6.96. The second-order valence-corrected chi connectivity index (χ2v) is 4.15. The summed E-state index contributed by atoms with van der Waals surface area (Å²) in [4.78, 5) is 14.7. The summed E-state index contributed by atoms with van der Waals surface area (Å²) in [6.45, 7) is 0. The van der Waals surface area contributed by atoms with E-state index in [4.69, 9.17) is 10.8 Å². The third-order valence-electron chi connectivity index (χ3n) is 2.17. The molecule has 5 heteroatoms. The molecule has 0 bridgehead atoms. The second-order valence-electron chi connectivity index (χ2n) is 3.26. The number of thiazole rings is 1. The summed E-state index contributed by atoms with van der Waals surface area (Å²) in [7, 11) is 0. The average molecular weight is 234 g/mol. The Morgan fingerprint density at radius 1 is 1.38 bits per heavy atom. The number of hydrogen-bond acceptors (Lipinski definition) is 4. The third-order valence-corrected chi connectivity index (χ3v) is 3.09. The molecule has 0 amide bonds. The Morgan fingerprint density at radius 2 is 2.06 bits per heavy atom. The molecule has 4 nitrogen and oxygen atoms in total. The standard InChI is InChI=1S/C11H10N2O2S/c12-9(7-4-2-1-3-5-7)10-13-8(6-16-10)11(14)15/h1-6,9H,12H2,(H,14,15). The van der Waals surface area contributed by atoms with Crippen LogP contribution in [0.2, 0.25) is 0 Å². The number of carboxylic acid groups (broad SMARTS) is 1. The molecule has 3 N–H and O–H groups in total. The maximum Gasteiger partial charge on any atom is 0.355 e. The number of hydrogen-bond donors (Lipinski definition) is 2. The fourth-order valence-electron chi connectivity index (χ4n) is 1.33. The van der Waals surface area contributed by atoms with Gasteiger partial charge in [0.05, 0.1) is 6.04 Å². The molecular weight excluding hydrogens is 224 g/mol. The van der Waals surface area contributed by atoms with Gasteiger partial charge in [0.1, 0.15) is 5.01 Å². The number of nitrogens with two attached hydrogens (primary N) is 1. The summed E-state index contributed by atoms with van der Waals surface area (Å²) < 4.78 is 0. The van der Waals surface area contributed by atoms with Crippen LogP contribution in [-0.2, 0) is 0 Å². The van der Waals surface area contributed by atoms with Crippen molar-refractivity contribution in [3.05, 3.63) is 52.0 Å². The highest BCUT2D eigenvalue weighted by Crippen LogP contribution is 2.22. The van der Waals surface area contributed by atoms with E-state index in [9.17, 15) is 4.79 Å². The first-order valence-corrected chi connectivity index (χ1v) is 5.55. The minimum Gasteiger partial charge on any atom is -0.476 e. The predicted octanol–water partition coefficient (Wildman–Crippen LogP) is 1.89. The predicted molar refractivity (Wildman–Crippen MR) is 61.5 cm³/mol. The highest BCUT2D eigenvalue weighted by atomic mass is 32.1. The Bertz CT molecular complexity index is 496. The van der Waals surface area contributed by atoms with Gasteiger partial charge in [-0.3, -0.25) is 0 Å². The molecular formula is C11H10N2O2S. The maximum atomic E-state index is 10.7. The summed E-state index contributed by atoms with van der Waals surface area (Å²) in [5, 5.41) is 10.9. The number of carboxylic acids is 1. The molecule has 0 aliphatic rings. The van der Waals surface area contributed by atoms with E-state index in [2.05, 4.69) is 4.98 Å². The van der Waals surface area contributed by atoms with Crippen molar-refractivity contribution in [1.29, 1.82) is 0 Å². The van der Waals surface area contributed by atoms with Crippen LogP contribution in [0.1, 0.15) is 27.1 Å². The van der Waals surface area contributed by atoms with Crippen LogP contribution in [0.4, 0.5) is 0 Å². The molecule has 1 unspecified atom stereocenters. The first kappa shape index (κ1) is 10.8. The van der Waals surface area contributed by atoms with Gasteiger partial charge in [-0.25, -0.2) is 9.78 Å². The molecule has 16 heavy (non-hydrogen) atoms. The lowest BCUT2D eigenvalue weighted by Crippen LogP contribution is -2.11. The smallest absolute Gasteiger partial charge is 0.355 e. The summed E-state index contributed by atoms with van der Waals surface area (Å²) >= 11 is 1.26. The van der Waals surface area contributed by atoms with Gasteiger partial charge in [-0.1, -0.05) is 30.3 Å². The Hall–Kier alpha value is -1.72. The van der Waals surface area contributed by atoms with Gasteiger partial charge in [0.2, 0.25) is 0 Å². The van der Waals surface area contributed by atoms with Crippen LogP contribution >= 0.6 is 11.3 Å². The van der Waals surface area contributed by atoms with E-state index < -0.39 is 5.97 Å². The first-order chi connectivity index (χ1) is 7.68. The molecule has 0 spiro atoms. The molecule has 0 saturated carbocycles. The van der Waals surface area contributed by atoms with Gasteiger partial charge < -0.3 is 10.8 Å². The molecule has 2 aromatic rings. The van der Waals surface area contributed by atoms with Crippen molar-refractivity contribution in [2.75, 3.05) is 0 Å². The van der Waals surface area contributed by atoms with Crippen LogP contribution in [0.25, 0.3) is 0 Å². The SMILES string of the molecule is NC(c1ccccc1)c1nc(C(=O)O)cs1. The van der Waals surface area contributed by atoms with Gasteiger partial charge >= 0.3 is 5.97 Å². The van der Waals surface area contributed by atoms with Gasteiger partial charge in [0, 0.05) is 5.38 Å². The zero-order valence-electron chi connectivity index (χ0n) is 8.33. The van der Waals surface area contributed by atoms with E-state index in [0.717, 1.165) is 5.56 Å². The molecule has 1 heterocycles. The monoisotopic (exact) mass is 234 g/mol. The Balaban J connectivity index is 2.27. The van der Waals surface area contributed by atoms with Crippen molar-refractivity contribution in [2.45, 2.75) is 6.04 Å². The second kappa shape index (κ2) is 4.42. The summed E-state index contributed by atoms with van der Waals surface area (Å²) in [6, 6.07) is 9.11. The van der Waals surface area contributed by atoms with E-state index in [0.29, 0.717) is 5.01 Å². The van der Waals surface area contributed by atoms with Gasteiger partial charge in [0.15, 0.2) is 5.69 Å². The lowest BCUT2D eigenvalue weighted by atomic mass is 10.1. The Kier molecular flexibility index (Phi) is 2.98. The summed E-state index contributed by atoms with van der Waals surface area (Å²) in [6.07, 6.45) is 0. The first-order valence-electron chi connectivity index (χ1n) is 4.67. The molecule has 1 aromatic carbocycles. The van der Waals surface area contributed by atoms with Gasteiger partial charge in [-0.2, -0.15) is 0 Å². The van der Waals surface area contributed by atoms with Crippen molar-refractivity contribution in [3.63, 3.8) is 0 Å². The van der Waals surface area contributed by atoms with E-state index >= 15 is 0 Å². The van der Waals surface area contributed by atoms with Crippen LogP contribution in [0, 0.1) is 0 Å². The van der Waals surface area contributed by atoms with Crippen molar-refractivity contribution in [3.8, 4) is 0 Å². The number of nitrogens with zero attached hydrogens (tertiary/aromatic N) is 1. The lowest BCUT2D eigenvalue weighted by molar-refractivity contribution is 0.0691. The molecule has 0 fully saturated rings.